The average Bonchev–Trinajstić information content (AvgIpc) is 3.27. The number of anilines is 2. The highest BCUT2D eigenvalue weighted by Gasteiger charge is 2.47. The van der Waals surface area contributed by atoms with Crippen molar-refractivity contribution in [3.05, 3.63) is 42.2 Å². The number of aromatic nitrogens is 4. The molecule has 29 heavy (non-hydrogen) atoms. The van der Waals surface area contributed by atoms with Gasteiger partial charge in [-0.05, 0) is 5.56 Å². The molecule has 1 aliphatic heterocycles. The Morgan fingerprint density at radius 2 is 2.00 bits per heavy atom. The molecule has 0 radical (unpaired) electrons. The van der Waals surface area contributed by atoms with Crippen LogP contribution in [0, 0.1) is 0 Å². The van der Waals surface area contributed by atoms with Crippen LogP contribution < -0.4 is 16.4 Å². The number of fused-ring (bicyclic) bond motifs is 1. The summed E-state index contributed by atoms with van der Waals surface area (Å²) >= 11 is 0. The number of hydrogen-bond acceptors (Lipinski definition) is 9. The van der Waals surface area contributed by atoms with Gasteiger partial charge in [0.1, 0.15) is 12.2 Å². The largest absolute Gasteiger partial charge is 0.387 e. The second kappa shape index (κ2) is 7.62. The third-order valence-electron chi connectivity index (χ3n) is 4.76. The van der Waals surface area contributed by atoms with E-state index in [2.05, 4.69) is 25.6 Å². The lowest BCUT2D eigenvalue weighted by molar-refractivity contribution is -0.137. The predicted molar refractivity (Wildman–Crippen MR) is 103 cm³/mol. The number of rotatable bonds is 5. The standard InChI is InChI=1S/C18H21N7O4/c1-20-16(28)13-11(26)12(27)17(29-13)25-8-22-10-14(23-18(19)24-15(10)25)21-7-9-5-3-2-4-6-9/h2-6,8,11-13,17,26-27H,7H2,1H3,(H,20,28)(H3,19,21,23,24)/t11-,12+,13-,17+/m0/s1. The van der Waals surface area contributed by atoms with Crippen LogP contribution in [-0.4, -0.2) is 61.0 Å². The Morgan fingerprint density at radius 1 is 1.24 bits per heavy atom. The molecule has 11 nitrogen and oxygen atoms in total. The molecule has 1 aromatic carbocycles. The molecule has 3 aromatic rings. The first kappa shape index (κ1) is 19.1. The van der Waals surface area contributed by atoms with Gasteiger partial charge in [-0.15, -0.1) is 0 Å². The van der Waals surface area contributed by atoms with E-state index in [1.54, 1.807) is 0 Å². The summed E-state index contributed by atoms with van der Waals surface area (Å²) in [6, 6.07) is 9.73. The molecular formula is C18H21N7O4. The zero-order chi connectivity index (χ0) is 20.5. The fraction of sp³-hybridized carbons (Fsp3) is 0.333. The summed E-state index contributed by atoms with van der Waals surface area (Å²) in [6.07, 6.45) is -3.63. The number of aliphatic hydroxyl groups excluding tert-OH is 2. The predicted octanol–water partition coefficient (Wildman–Crippen LogP) is -0.614. The number of nitrogens with zero attached hydrogens (tertiary/aromatic N) is 4. The van der Waals surface area contributed by atoms with Gasteiger partial charge in [0.25, 0.3) is 5.91 Å². The van der Waals surface area contributed by atoms with Crippen molar-refractivity contribution in [3.63, 3.8) is 0 Å². The molecule has 1 fully saturated rings. The van der Waals surface area contributed by atoms with Gasteiger partial charge in [0.15, 0.2) is 29.3 Å². The molecule has 0 unspecified atom stereocenters. The summed E-state index contributed by atoms with van der Waals surface area (Å²) in [5, 5.41) is 26.2. The van der Waals surface area contributed by atoms with Gasteiger partial charge in [0, 0.05) is 13.6 Å². The lowest BCUT2D eigenvalue weighted by atomic mass is 10.1. The van der Waals surface area contributed by atoms with E-state index in [0.717, 1.165) is 5.56 Å². The van der Waals surface area contributed by atoms with Crippen LogP contribution in [0.4, 0.5) is 11.8 Å². The number of nitrogen functional groups attached to an aromatic ring is 1. The topological polar surface area (TPSA) is 160 Å². The van der Waals surface area contributed by atoms with Gasteiger partial charge in [-0.25, -0.2) is 4.98 Å². The summed E-state index contributed by atoms with van der Waals surface area (Å²) < 4.78 is 7.02. The van der Waals surface area contributed by atoms with Crippen molar-refractivity contribution in [2.24, 2.45) is 0 Å². The molecule has 1 saturated heterocycles. The Balaban J connectivity index is 1.65. The Morgan fingerprint density at radius 3 is 2.72 bits per heavy atom. The van der Waals surface area contributed by atoms with E-state index in [1.165, 1.54) is 17.9 Å². The number of likely N-dealkylation sites (N-methyl/N-ethyl adjacent to an activating group) is 1. The third-order valence-corrected chi connectivity index (χ3v) is 4.76. The van der Waals surface area contributed by atoms with E-state index in [0.29, 0.717) is 23.5 Å². The van der Waals surface area contributed by atoms with Crippen LogP contribution in [-0.2, 0) is 16.1 Å². The fourth-order valence-electron chi connectivity index (χ4n) is 3.27. The van der Waals surface area contributed by atoms with Crippen molar-refractivity contribution in [2.75, 3.05) is 18.1 Å². The number of carbonyl (C=O) groups is 1. The molecule has 0 spiro atoms. The van der Waals surface area contributed by atoms with E-state index in [4.69, 9.17) is 10.5 Å². The smallest absolute Gasteiger partial charge is 0.251 e. The first-order valence-electron chi connectivity index (χ1n) is 9.00. The molecule has 0 saturated carbocycles. The van der Waals surface area contributed by atoms with Crippen LogP contribution in [0.3, 0.4) is 0 Å². The zero-order valence-electron chi connectivity index (χ0n) is 15.6. The number of amides is 1. The Bertz CT molecular complexity index is 1030. The molecule has 3 heterocycles. The number of carbonyl (C=O) groups excluding carboxylic acids is 1. The molecule has 152 valence electrons. The maximum Gasteiger partial charge on any atom is 0.251 e. The monoisotopic (exact) mass is 399 g/mol. The summed E-state index contributed by atoms with van der Waals surface area (Å²) in [6.45, 7) is 0.499. The molecule has 0 bridgehead atoms. The van der Waals surface area contributed by atoms with Crippen molar-refractivity contribution in [1.82, 2.24) is 24.8 Å². The minimum atomic E-state index is -1.40. The van der Waals surface area contributed by atoms with Crippen molar-refractivity contribution < 1.29 is 19.7 Å². The molecule has 11 heteroatoms. The Hall–Kier alpha value is -3.28. The van der Waals surface area contributed by atoms with Crippen LogP contribution in [0.1, 0.15) is 11.8 Å². The maximum atomic E-state index is 11.9. The lowest BCUT2D eigenvalue weighted by Crippen LogP contribution is -2.41. The minimum Gasteiger partial charge on any atom is -0.387 e. The van der Waals surface area contributed by atoms with E-state index < -0.39 is 30.4 Å². The van der Waals surface area contributed by atoms with Gasteiger partial charge in [-0.3, -0.25) is 9.36 Å². The zero-order valence-corrected chi connectivity index (χ0v) is 15.6. The van der Waals surface area contributed by atoms with Crippen molar-refractivity contribution >= 4 is 28.8 Å². The van der Waals surface area contributed by atoms with Gasteiger partial charge >= 0.3 is 0 Å². The van der Waals surface area contributed by atoms with Crippen molar-refractivity contribution in [2.45, 2.75) is 31.1 Å². The summed E-state index contributed by atoms with van der Waals surface area (Å²) in [5.41, 5.74) is 7.63. The van der Waals surface area contributed by atoms with Gasteiger partial charge in [-0.1, -0.05) is 30.3 Å². The van der Waals surface area contributed by atoms with E-state index in [9.17, 15) is 15.0 Å². The van der Waals surface area contributed by atoms with Crippen LogP contribution >= 0.6 is 0 Å². The Kier molecular flexibility index (Phi) is 5.01. The second-order valence-electron chi connectivity index (χ2n) is 6.64. The van der Waals surface area contributed by atoms with Crippen LogP contribution in [0.25, 0.3) is 11.2 Å². The molecule has 1 amide bonds. The average molecular weight is 399 g/mol. The number of ether oxygens (including phenoxy) is 1. The maximum absolute atomic E-state index is 11.9. The number of imidazole rings is 1. The normalized spacial score (nSPS) is 24.0. The number of hydrogen-bond donors (Lipinski definition) is 5. The number of aliphatic hydroxyl groups is 2. The summed E-state index contributed by atoms with van der Waals surface area (Å²) in [7, 11) is 1.42. The summed E-state index contributed by atoms with van der Waals surface area (Å²) in [4.78, 5) is 24.6. The number of nitrogens with one attached hydrogen (secondary N) is 2. The first-order chi connectivity index (χ1) is 14.0. The molecule has 0 aliphatic carbocycles. The lowest BCUT2D eigenvalue weighted by Gasteiger charge is -2.16. The van der Waals surface area contributed by atoms with Crippen molar-refractivity contribution in [1.29, 1.82) is 0 Å². The van der Waals surface area contributed by atoms with Gasteiger partial charge < -0.3 is 31.3 Å². The first-order valence-corrected chi connectivity index (χ1v) is 9.00. The summed E-state index contributed by atoms with van der Waals surface area (Å²) in [5.74, 6) is -0.112. The minimum absolute atomic E-state index is 0.00528. The highest BCUT2D eigenvalue weighted by atomic mass is 16.6. The van der Waals surface area contributed by atoms with Crippen molar-refractivity contribution in [3.8, 4) is 0 Å². The van der Waals surface area contributed by atoms with E-state index >= 15 is 0 Å². The molecule has 6 N–H and O–H groups in total. The van der Waals surface area contributed by atoms with Crippen LogP contribution in [0.15, 0.2) is 36.7 Å². The molecule has 4 rings (SSSR count). The van der Waals surface area contributed by atoms with Gasteiger partial charge in [0.05, 0.1) is 6.33 Å². The number of nitrogens with two attached hydrogens (primary N) is 1. The Labute approximate surface area is 165 Å². The SMILES string of the molecule is CNC(=O)[C@H]1O[C@@H](n2cnc3c(NCc4ccccc4)nc(N)nc32)[C@H](O)[C@@H]1O. The highest BCUT2D eigenvalue weighted by Crippen LogP contribution is 2.32. The fourth-order valence-corrected chi connectivity index (χ4v) is 3.27. The third kappa shape index (κ3) is 3.46. The van der Waals surface area contributed by atoms with Gasteiger partial charge in [0.2, 0.25) is 5.95 Å². The number of benzene rings is 1. The molecule has 2 aromatic heterocycles. The molecule has 1 aliphatic rings. The molecule has 4 atom stereocenters. The highest BCUT2D eigenvalue weighted by molar-refractivity contribution is 5.84. The second-order valence-corrected chi connectivity index (χ2v) is 6.64. The van der Waals surface area contributed by atoms with E-state index in [-0.39, 0.29) is 5.95 Å². The van der Waals surface area contributed by atoms with Gasteiger partial charge in [-0.2, -0.15) is 9.97 Å². The molecular weight excluding hydrogens is 378 g/mol. The van der Waals surface area contributed by atoms with E-state index in [1.807, 2.05) is 30.3 Å². The quantitative estimate of drug-likeness (QED) is 0.377. The van der Waals surface area contributed by atoms with Crippen LogP contribution in [0.5, 0.6) is 0 Å². The van der Waals surface area contributed by atoms with Crippen LogP contribution in [0.2, 0.25) is 0 Å².